The average Bonchev–Trinajstić information content (AvgIpc) is 2.44. The standard InChI is InChI=1S/C11H22N2S/c1-10-8-12-4-5-13(9-10)11-2-6-14-7-3-11/h10-12H,2-9H2,1H3. The number of thioether (sulfide) groups is 1. The Morgan fingerprint density at radius 2 is 2.07 bits per heavy atom. The molecule has 0 aliphatic carbocycles. The van der Waals surface area contributed by atoms with E-state index >= 15 is 0 Å². The zero-order valence-corrected chi connectivity index (χ0v) is 9.98. The van der Waals surface area contributed by atoms with E-state index in [1.165, 1.54) is 50.5 Å². The van der Waals surface area contributed by atoms with Crippen molar-refractivity contribution in [3.63, 3.8) is 0 Å². The van der Waals surface area contributed by atoms with E-state index in [0.29, 0.717) is 0 Å². The van der Waals surface area contributed by atoms with Crippen LogP contribution in [0.5, 0.6) is 0 Å². The zero-order chi connectivity index (χ0) is 9.80. The van der Waals surface area contributed by atoms with Crippen molar-refractivity contribution < 1.29 is 0 Å². The fourth-order valence-electron chi connectivity index (χ4n) is 2.51. The maximum absolute atomic E-state index is 3.52. The van der Waals surface area contributed by atoms with Crippen LogP contribution in [0.2, 0.25) is 0 Å². The fraction of sp³-hybridized carbons (Fsp3) is 1.00. The van der Waals surface area contributed by atoms with Crippen LogP contribution in [0.4, 0.5) is 0 Å². The van der Waals surface area contributed by atoms with Crippen molar-refractivity contribution in [1.29, 1.82) is 0 Å². The molecule has 0 aromatic rings. The van der Waals surface area contributed by atoms with E-state index in [9.17, 15) is 0 Å². The third-order valence-corrected chi connectivity index (χ3v) is 4.37. The van der Waals surface area contributed by atoms with Crippen molar-refractivity contribution in [2.75, 3.05) is 37.7 Å². The zero-order valence-electron chi connectivity index (χ0n) is 9.17. The highest BCUT2D eigenvalue weighted by atomic mass is 32.2. The van der Waals surface area contributed by atoms with Gasteiger partial charge in [0.25, 0.3) is 0 Å². The van der Waals surface area contributed by atoms with E-state index in [-0.39, 0.29) is 0 Å². The molecule has 0 saturated carbocycles. The van der Waals surface area contributed by atoms with Gasteiger partial charge in [-0.2, -0.15) is 11.8 Å². The first-order valence-electron chi connectivity index (χ1n) is 5.89. The SMILES string of the molecule is CC1CNCCN(C2CCSCC2)C1. The summed E-state index contributed by atoms with van der Waals surface area (Å²) in [5.41, 5.74) is 0. The summed E-state index contributed by atoms with van der Waals surface area (Å²) in [5.74, 6) is 3.58. The molecule has 2 aliphatic heterocycles. The molecule has 1 atom stereocenters. The molecule has 3 heteroatoms. The van der Waals surface area contributed by atoms with Crippen molar-refractivity contribution in [1.82, 2.24) is 10.2 Å². The normalized spacial score (nSPS) is 32.8. The number of nitrogens with zero attached hydrogens (tertiary/aromatic N) is 1. The minimum atomic E-state index is 0.826. The van der Waals surface area contributed by atoms with Gasteiger partial charge >= 0.3 is 0 Å². The lowest BCUT2D eigenvalue weighted by Gasteiger charge is -2.34. The van der Waals surface area contributed by atoms with Crippen LogP contribution in [0, 0.1) is 5.92 Å². The van der Waals surface area contributed by atoms with Crippen LogP contribution < -0.4 is 5.32 Å². The second-order valence-corrected chi connectivity index (χ2v) is 5.87. The van der Waals surface area contributed by atoms with Crippen molar-refractivity contribution >= 4 is 11.8 Å². The van der Waals surface area contributed by atoms with E-state index in [0.717, 1.165) is 12.0 Å². The van der Waals surface area contributed by atoms with Crippen LogP contribution >= 0.6 is 11.8 Å². The maximum atomic E-state index is 3.52. The Morgan fingerprint density at radius 1 is 1.29 bits per heavy atom. The fourth-order valence-corrected chi connectivity index (χ4v) is 3.59. The van der Waals surface area contributed by atoms with Crippen molar-refractivity contribution in [2.45, 2.75) is 25.8 Å². The van der Waals surface area contributed by atoms with Crippen molar-refractivity contribution in [3.05, 3.63) is 0 Å². The van der Waals surface area contributed by atoms with Crippen LogP contribution in [0.25, 0.3) is 0 Å². The predicted molar refractivity (Wildman–Crippen MR) is 64.0 cm³/mol. The van der Waals surface area contributed by atoms with Gasteiger partial charge in [-0.05, 0) is 36.8 Å². The molecule has 2 fully saturated rings. The summed E-state index contributed by atoms with van der Waals surface area (Å²) < 4.78 is 0. The molecule has 0 spiro atoms. The summed E-state index contributed by atoms with van der Waals surface area (Å²) in [7, 11) is 0. The summed E-state index contributed by atoms with van der Waals surface area (Å²) >= 11 is 2.13. The molecular weight excluding hydrogens is 192 g/mol. The third-order valence-electron chi connectivity index (χ3n) is 3.32. The molecule has 0 aromatic heterocycles. The smallest absolute Gasteiger partial charge is 0.0112 e. The van der Waals surface area contributed by atoms with Crippen LogP contribution in [0.3, 0.4) is 0 Å². The highest BCUT2D eigenvalue weighted by Crippen LogP contribution is 2.22. The van der Waals surface area contributed by atoms with Gasteiger partial charge in [0.1, 0.15) is 0 Å². The van der Waals surface area contributed by atoms with Gasteiger partial charge in [0.15, 0.2) is 0 Å². The highest BCUT2D eigenvalue weighted by molar-refractivity contribution is 7.99. The van der Waals surface area contributed by atoms with Gasteiger partial charge in [-0.15, -0.1) is 0 Å². The Labute approximate surface area is 91.8 Å². The predicted octanol–water partition coefficient (Wildman–Crippen LogP) is 1.42. The van der Waals surface area contributed by atoms with Crippen molar-refractivity contribution in [3.8, 4) is 0 Å². The molecule has 82 valence electrons. The average molecular weight is 214 g/mol. The minimum absolute atomic E-state index is 0.826. The maximum Gasteiger partial charge on any atom is 0.0112 e. The molecule has 0 aromatic carbocycles. The Bertz CT molecular complexity index is 169. The molecule has 1 unspecified atom stereocenters. The molecule has 0 amide bonds. The van der Waals surface area contributed by atoms with E-state index in [4.69, 9.17) is 0 Å². The summed E-state index contributed by atoms with van der Waals surface area (Å²) in [4.78, 5) is 2.73. The van der Waals surface area contributed by atoms with Gasteiger partial charge in [0.05, 0.1) is 0 Å². The molecule has 2 heterocycles. The van der Waals surface area contributed by atoms with E-state index in [2.05, 4.69) is 28.9 Å². The van der Waals surface area contributed by atoms with Gasteiger partial charge in [-0.25, -0.2) is 0 Å². The molecule has 2 nitrogen and oxygen atoms in total. The molecule has 1 N–H and O–H groups in total. The van der Waals surface area contributed by atoms with Crippen LogP contribution in [-0.2, 0) is 0 Å². The largest absolute Gasteiger partial charge is 0.315 e. The summed E-state index contributed by atoms with van der Waals surface area (Å²) in [6.45, 7) is 7.33. The summed E-state index contributed by atoms with van der Waals surface area (Å²) in [5, 5.41) is 3.52. The summed E-state index contributed by atoms with van der Waals surface area (Å²) in [6, 6.07) is 0.888. The van der Waals surface area contributed by atoms with E-state index in [1.54, 1.807) is 0 Å². The minimum Gasteiger partial charge on any atom is -0.315 e. The highest BCUT2D eigenvalue weighted by Gasteiger charge is 2.23. The number of hydrogen-bond donors (Lipinski definition) is 1. The first kappa shape index (κ1) is 10.8. The van der Waals surface area contributed by atoms with Gasteiger partial charge in [-0.3, -0.25) is 4.90 Å². The molecule has 2 aliphatic rings. The topological polar surface area (TPSA) is 15.3 Å². The lowest BCUT2D eigenvalue weighted by molar-refractivity contribution is 0.180. The van der Waals surface area contributed by atoms with Gasteiger partial charge in [-0.1, -0.05) is 6.92 Å². The van der Waals surface area contributed by atoms with Gasteiger partial charge < -0.3 is 5.32 Å². The van der Waals surface area contributed by atoms with E-state index < -0.39 is 0 Å². The first-order chi connectivity index (χ1) is 6.86. The Morgan fingerprint density at radius 3 is 2.86 bits per heavy atom. The van der Waals surface area contributed by atoms with Crippen LogP contribution in [0.15, 0.2) is 0 Å². The second kappa shape index (κ2) is 5.38. The Balaban J connectivity index is 1.87. The number of rotatable bonds is 1. The lowest BCUT2D eigenvalue weighted by Crippen LogP contribution is -2.41. The first-order valence-corrected chi connectivity index (χ1v) is 7.04. The van der Waals surface area contributed by atoms with Crippen molar-refractivity contribution in [2.24, 2.45) is 5.92 Å². The summed E-state index contributed by atoms with van der Waals surface area (Å²) in [6.07, 6.45) is 2.83. The Kier molecular flexibility index (Phi) is 4.14. The molecule has 0 radical (unpaired) electrons. The van der Waals surface area contributed by atoms with Crippen LogP contribution in [-0.4, -0.2) is 48.6 Å². The Hall–Kier alpha value is 0.270. The molecule has 2 saturated heterocycles. The number of nitrogens with one attached hydrogen (secondary N) is 1. The lowest BCUT2D eigenvalue weighted by atomic mass is 10.1. The van der Waals surface area contributed by atoms with Crippen LogP contribution in [0.1, 0.15) is 19.8 Å². The monoisotopic (exact) mass is 214 g/mol. The molecule has 2 rings (SSSR count). The number of hydrogen-bond acceptors (Lipinski definition) is 3. The third kappa shape index (κ3) is 2.88. The molecule has 14 heavy (non-hydrogen) atoms. The van der Waals surface area contributed by atoms with Gasteiger partial charge in [0.2, 0.25) is 0 Å². The second-order valence-electron chi connectivity index (χ2n) is 4.65. The van der Waals surface area contributed by atoms with Gasteiger partial charge in [0, 0.05) is 25.7 Å². The molecule has 0 bridgehead atoms. The van der Waals surface area contributed by atoms with E-state index in [1.807, 2.05) is 0 Å². The quantitative estimate of drug-likeness (QED) is 0.711. The molecular formula is C11H22N2S.